The number of nitrogens with zero attached hydrogens (tertiary/aromatic N) is 1. The number of carbonyl (C=O) groups excluding carboxylic acids is 1. The molecular weight excluding hydrogens is 313 g/mol. The number of carbonyl (C=O) groups is 1. The van der Waals surface area contributed by atoms with E-state index in [1.165, 1.54) is 29.8 Å². The lowest BCUT2D eigenvalue weighted by molar-refractivity contribution is -0.133. The predicted molar refractivity (Wildman–Crippen MR) is 90.1 cm³/mol. The van der Waals surface area contributed by atoms with Gasteiger partial charge in [0, 0.05) is 24.1 Å². The summed E-state index contributed by atoms with van der Waals surface area (Å²) in [6.07, 6.45) is 0. The van der Waals surface area contributed by atoms with E-state index < -0.39 is 0 Å². The van der Waals surface area contributed by atoms with Crippen LogP contribution in [0.4, 0.5) is 4.39 Å². The average molecular weight is 331 g/mol. The van der Waals surface area contributed by atoms with E-state index in [0.717, 1.165) is 12.3 Å². The van der Waals surface area contributed by atoms with Crippen LogP contribution in [-0.4, -0.2) is 36.3 Å². The molecule has 0 bridgehead atoms. The molecule has 0 radical (unpaired) electrons. The zero-order chi connectivity index (χ0) is 16.1. The van der Waals surface area contributed by atoms with E-state index in [2.05, 4.69) is 12.1 Å². The second-order valence-corrected chi connectivity index (χ2v) is 6.66. The maximum atomic E-state index is 12.8. The molecule has 120 valence electrons. The molecule has 3 rings (SSSR count). The van der Waals surface area contributed by atoms with Gasteiger partial charge in [-0.3, -0.25) is 4.79 Å². The predicted octanol–water partition coefficient (Wildman–Crippen LogP) is 3.52. The number of hydrogen-bond acceptors (Lipinski definition) is 3. The number of rotatable bonds is 4. The second-order valence-electron chi connectivity index (χ2n) is 5.35. The molecule has 1 atom stereocenters. The Morgan fingerprint density at radius 2 is 1.91 bits per heavy atom. The van der Waals surface area contributed by atoms with Crippen LogP contribution in [0.25, 0.3) is 0 Å². The number of halogens is 1. The third-order valence-electron chi connectivity index (χ3n) is 3.77. The van der Waals surface area contributed by atoms with Gasteiger partial charge in [0.05, 0.1) is 0 Å². The highest BCUT2D eigenvalue weighted by Crippen LogP contribution is 2.32. The Kier molecular flexibility index (Phi) is 5.18. The van der Waals surface area contributed by atoms with Crippen LogP contribution in [0, 0.1) is 5.82 Å². The van der Waals surface area contributed by atoms with E-state index in [1.54, 1.807) is 0 Å². The van der Waals surface area contributed by atoms with E-state index in [9.17, 15) is 9.18 Å². The van der Waals surface area contributed by atoms with Crippen LogP contribution >= 0.6 is 11.8 Å². The molecule has 3 nitrogen and oxygen atoms in total. The maximum Gasteiger partial charge on any atom is 0.260 e. The van der Waals surface area contributed by atoms with Crippen LogP contribution < -0.4 is 4.74 Å². The number of thioether (sulfide) groups is 1. The van der Waals surface area contributed by atoms with Gasteiger partial charge in [0.25, 0.3) is 5.91 Å². The second kappa shape index (κ2) is 7.51. The van der Waals surface area contributed by atoms with E-state index in [4.69, 9.17) is 4.74 Å². The number of amides is 1. The van der Waals surface area contributed by atoms with Crippen molar-refractivity contribution in [2.45, 2.75) is 5.25 Å². The van der Waals surface area contributed by atoms with Crippen molar-refractivity contribution in [3.8, 4) is 5.75 Å². The Hall–Kier alpha value is -2.01. The SMILES string of the molecule is O=C(COc1ccc(F)cc1)N1CCSC(c2ccccc2)C1. The van der Waals surface area contributed by atoms with Crippen LogP contribution in [0.1, 0.15) is 10.8 Å². The fourth-order valence-electron chi connectivity index (χ4n) is 2.51. The van der Waals surface area contributed by atoms with Crippen molar-refractivity contribution in [3.63, 3.8) is 0 Å². The van der Waals surface area contributed by atoms with E-state index in [0.29, 0.717) is 17.5 Å². The standard InChI is InChI=1S/C18H18FNO2S/c19-15-6-8-16(9-7-15)22-13-18(21)20-10-11-23-17(12-20)14-4-2-1-3-5-14/h1-9,17H,10-13H2. The molecule has 0 saturated carbocycles. The van der Waals surface area contributed by atoms with Crippen molar-refractivity contribution < 1.29 is 13.9 Å². The first-order valence-electron chi connectivity index (χ1n) is 7.55. The molecule has 0 spiro atoms. The van der Waals surface area contributed by atoms with Gasteiger partial charge in [-0.15, -0.1) is 0 Å². The fourth-order valence-corrected chi connectivity index (χ4v) is 3.76. The molecule has 5 heteroatoms. The quantitative estimate of drug-likeness (QED) is 0.858. The van der Waals surface area contributed by atoms with Gasteiger partial charge in [-0.05, 0) is 29.8 Å². The summed E-state index contributed by atoms with van der Waals surface area (Å²) in [6, 6.07) is 15.9. The van der Waals surface area contributed by atoms with Gasteiger partial charge in [0.15, 0.2) is 6.61 Å². The van der Waals surface area contributed by atoms with Crippen LogP contribution in [0.2, 0.25) is 0 Å². The van der Waals surface area contributed by atoms with Crippen molar-refractivity contribution in [1.29, 1.82) is 0 Å². The molecule has 2 aromatic carbocycles. The molecule has 0 aliphatic carbocycles. The van der Waals surface area contributed by atoms with E-state index in [1.807, 2.05) is 34.9 Å². The summed E-state index contributed by atoms with van der Waals surface area (Å²) in [6.45, 7) is 1.41. The number of hydrogen-bond donors (Lipinski definition) is 0. The molecular formula is C18H18FNO2S. The first-order chi connectivity index (χ1) is 11.2. The molecule has 1 aliphatic rings. The highest BCUT2D eigenvalue weighted by atomic mass is 32.2. The summed E-state index contributed by atoms with van der Waals surface area (Å²) >= 11 is 1.88. The van der Waals surface area contributed by atoms with Crippen LogP contribution in [0.3, 0.4) is 0 Å². The van der Waals surface area contributed by atoms with Gasteiger partial charge in [0.1, 0.15) is 11.6 Å². The summed E-state index contributed by atoms with van der Waals surface area (Å²) in [4.78, 5) is 14.2. The Labute approximate surface area is 139 Å². The summed E-state index contributed by atoms with van der Waals surface area (Å²) in [7, 11) is 0. The average Bonchev–Trinajstić information content (AvgIpc) is 2.62. The minimum Gasteiger partial charge on any atom is -0.484 e. The van der Waals surface area contributed by atoms with Crippen LogP contribution in [-0.2, 0) is 4.79 Å². The third-order valence-corrected chi connectivity index (χ3v) is 5.01. The third kappa shape index (κ3) is 4.26. The Balaban J connectivity index is 1.55. The van der Waals surface area contributed by atoms with Gasteiger partial charge >= 0.3 is 0 Å². The first-order valence-corrected chi connectivity index (χ1v) is 8.60. The van der Waals surface area contributed by atoms with Crippen LogP contribution in [0.15, 0.2) is 54.6 Å². The first kappa shape index (κ1) is 15.9. The molecule has 1 unspecified atom stereocenters. The minimum absolute atomic E-state index is 0.0161. The van der Waals surface area contributed by atoms with Crippen molar-refractivity contribution in [3.05, 3.63) is 66.0 Å². The van der Waals surface area contributed by atoms with Gasteiger partial charge in [-0.1, -0.05) is 30.3 Å². The lowest BCUT2D eigenvalue weighted by Gasteiger charge is -2.32. The fraction of sp³-hybridized carbons (Fsp3) is 0.278. The number of benzene rings is 2. The van der Waals surface area contributed by atoms with Gasteiger partial charge in [-0.2, -0.15) is 11.8 Å². The molecule has 1 saturated heterocycles. The zero-order valence-electron chi connectivity index (χ0n) is 12.7. The summed E-state index contributed by atoms with van der Waals surface area (Å²) in [5, 5.41) is 0.305. The maximum absolute atomic E-state index is 12.8. The molecule has 1 fully saturated rings. The Morgan fingerprint density at radius 3 is 2.65 bits per heavy atom. The van der Waals surface area contributed by atoms with Crippen molar-refractivity contribution in [2.75, 3.05) is 25.4 Å². The van der Waals surface area contributed by atoms with E-state index in [-0.39, 0.29) is 18.3 Å². The normalized spacial score (nSPS) is 17.8. The number of ether oxygens (including phenoxy) is 1. The minimum atomic E-state index is -0.317. The summed E-state index contributed by atoms with van der Waals surface area (Å²) in [5.41, 5.74) is 1.24. The van der Waals surface area contributed by atoms with Crippen molar-refractivity contribution in [1.82, 2.24) is 4.90 Å². The smallest absolute Gasteiger partial charge is 0.260 e. The molecule has 1 aliphatic heterocycles. The highest BCUT2D eigenvalue weighted by molar-refractivity contribution is 7.99. The Bertz CT molecular complexity index is 648. The van der Waals surface area contributed by atoms with Crippen LogP contribution in [0.5, 0.6) is 5.75 Å². The van der Waals surface area contributed by atoms with Gasteiger partial charge in [-0.25, -0.2) is 4.39 Å². The van der Waals surface area contributed by atoms with E-state index >= 15 is 0 Å². The zero-order valence-corrected chi connectivity index (χ0v) is 13.5. The Morgan fingerprint density at radius 1 is 1.17 bits per heavy atom. The topological polar surface area (TPSA) is 29.5 Å². The van der Waals surface area contributed by atoms with Crippen molar-refractivity contribution >= 4 is 17.7 Å². The molecule has 2 aromatic rings. The monoisotopic (exact) mass is 331 g/mol. The molecule has 0 N–H and O–H groups in total. The van der Waals surface area contributed by atoms with Gasteiger partial charge in [0.2, 0.25) is 0 Å². The largest absolute Gasteiger partial charge is 0.484 e. The summed E-state index contributed by atoms with van der Waals surface area (Å²) < 4.78 is 18.3. The molecule has 0 aromatic heterocycles. The molecule has 23 heavy (non-hydrogen) atoms. The van der Waals surface area contributed by atoms with Crippen molar-refractivity contribution in [2.24, 2.45) is 0 Å². The lowest BCUT2D eigenvalue weighted by atomic mass is 10.1. The molecule has 1 amide bonds. The highest BCUT2D eigenvalue weighted by Gasteiger charge is 2.25. The lowest BCUT2D eigenvalue weighted by Crippen LogP contribution is -2.41. The summed E-state index contributed by atoms with van der Waals surface area (Å²) in [5.74, 6) is 1.07. The van der Waals surface area contributed by atoms with Gasteiger partial charge < -0.3 is 9.64 Å². The molecule has 1 heterocycles.